The molecule has 0 aliphatic heterocycles. The van der Waals surface area contributed by atoms with Gasteiger partial charge < -0.3 is 5.11 Å². The van der Waals surface area contributed by atoms with Crippen molar-refractivity contribution in [3.63, 3.8) is 0 Å². The lowest BCUT2D eigenvalue weighted by molar-refractivity contribution is 0.122. The first-order valence-electron chi connectivity index (χ1n) is 5.08. The normalized spacial score (nSPS) is 16.5. The predicted octanol–water partition coefficient (Wildman–Crippen LogP) is 1.63. The molecule has 1 aliphatic rings. The van der Waals surface area contributed by atoms with Gasteiger partial charge >= 0.3 is 6.09 Å². The SMILES string of the molecule is C=CCN(C(=O)O)C1(c2cnccn2)CC1. The van der Waals surface area contributed by atoms with Gasteiger partial charge in [-0.2, -0.15) is 0 Å². The van der Waals surface area contributed by atoms with Gasteiger partial charge in [-0.25, -0.2) is 4.79 Å². The lowest BCUT2D eigenvalue weighted by Crippen LogP contribution is -2.40. The molecule has 84 valence electrons. The van der Waals surface area contributed by atoms with E-state index in [1.807, 2.05) is 0 Å². The summed E-state index contributed by atoms with van der Waals surface area (Å²) in [4.78, 5) is 20.7. The van der Waals surface area contributed by atoms with Crippen LogP contribution in [0.2, 0.25) is 0 Å². The maximum absolute atomic E-state index is 11.2. The highest BCUT2D eigenvalue weighted by Crippen LogP contribution is 2.49. The van der Waals surface area contributed by atoms with Crippen molar-refractivity contribution in [2.24, 2.45) is 0 Å². The van der Waals surface area contributed by atoms with Crippen molar-refractivity contribution in [1.29, 1.82) is 0 Å². The van der Waals surface area contributed by atoms with Gasteiger partial charge in [0.1, 0.15) is 0 Å². The highest BCUT2D eigenvalue weighted by atomic mass is 16.4. The van der Waals surface area contributed by atoms with Crippen molar-refractivity contribution in [2.75, 3.05) is 6.54 Å². The summed E-state index contributed by atoms with van der Waals surface area (Å²) in [7, 11) is 0. The first-order chi connectivity index (χ1) is 7.70. The number of hydrogen-bond donors (Lipinski definition) is 1. The number of carboxylic acid groups (broad SMARTS) is 1. The lowest BCUT2D eigenvalue weighted by atomic mass is 10.1. The van der Waals surface area contributed by atoms with Gasteiger partial charge in [0.05, 0.1) is 17.4 Å². The Morgan fingerprint density at radius 2 is 2.38 bits per heavy atom. The standard InChI is InChI=1S/C11H13N3O2/c1-2-7-14(10(15)16)11(3-4-11)9-8-12-5-6-13-9/h2,5-6,8H,1,3-4,7H2,(H,15,16). The molecule has 1 fully saturated rings. The summed E-state index contributed by atoms with van der Waals surface area (Å²) in [5.41, 5.74) is 0.244. The molecular weight excluding hydrogens is 206 g/mol. The average molecular weight is 219 g/mol. The Labute approximate surface area is 93.4 Å². The summed E-state index contributed by atoms with van der Waals surface area (Å²) < 4.78 is 0. The number of nitrogens with zero attached hydrogens (tertiary/aromatic N) is 3. The predicted molar refractivity (Wildman–Crippen MR) is 57.9 cm³/mol. The molecule has 2 rings (SSSR count). The van der Waals surface area contributed by atoms with E-state index in [1.165, 1.54) is 4.90 Å². The fourth-order valence-corrected chi connectivity index (χ4v) is 1.89. The summed E-state index contributed by atoms with van der Waals surface area (Å²) in [6.45, 7) is 3.89. The van der Waals surface area contributed by atoms with Gasteiger partial charge in [-0.05, 0) is 12.8 Å². The molecule has 0 unspecified atom stereocenters. The second kappa shape index (κ2) is 3.92. The molecule has 1 aliphatic carbocycles. The third-order valence-corrected chi connectivity index (χ3v) is 2.82. The van der Waals surface area contributed by atoms with Gasteiger partial charge in [-0.1, -0.05) is 6.08 Å². The Hall–Kier alpha value is -1.91. The minimum absolute atomic E-state index is 0.311. The highest BCUT2D eigenvalue weighted by molar-refractivity contribution is 5.67. The minimum Gasteiger partial charge on any atom is -0.465 e. The maximum Gasteiger partial charge on any atom is 0.408 e. The number of carbonyl (C=O) groups is 1. The van der Waals surface area contributed by atoms with Gasteiger partial charge in [0.25, 0.3) is 0 Å². The van der Waals surface area contributed by atoms with Crippen molar-refractivity contribution in [3.8, 4) is 0 Å². The summed E-state index contributed by atoms with van der Waals surface area (Å²) in [5.74, 6) is 0. The van der Waals surface area contributed by atoms with E-state index >= 15 is 0 Å². The Kier molecular flexibility index (Phi) is 2.60. The van der Waals surface area contributed by atoms with E-state index in [0.29, 0.717) is 6.54 Å². The van der Waals surface area contributed by atoms with Crippen LogP contribution in [0, 0.1) is 0 Å². The van der Waals surface area contributed by atoms with Crippen molar-refractivity contribution >= 4 is 6.09 Å². The Bertz CT molecular complexity index is 401. The molecule has 1 saturated carbocycles. The van der Waals surface area contributed by atoms with Crippen LogP contribution in [0.4, 0.5) is 4.79 Å². The molecule has 1 aromatic rings. The molecule has 1 heterocycles. The molecule has 0 saturated heterocycles. The van der Waals surface area contributed by atoms with Crippen LogP contribution in [0.15, 0.2) is 31.2 Å². The third kappa shape index (κ3) is 1.64. The fraction of sp³-hybridized carbons (Fsp3) is 0.364. The molecule has 0 spiro atoms. The molecule has 0 atom stereocenters. The number of hydrogen-bond acceptors (Lipinski definition) is 3. The van der Waals surface area contributed by atoms with Gasteiger partial charge in [-0.15, -0.1) is 6.58 Å². The first kappa shape index (κ1) is 10.6. The topological polar surface area (TPSA) is 66.3 Å². The van der Waals surface area contributed by atoms with E-state index in [0.717, 1.165) is 18.5 Å². The minimum atomic E-state index is -0.942. The summed E-state index contributed by atoms with van der Waals surface area (Å²) in [6, 6.07) is 0. The van der Waals surface area contributed by atoms with Gasteiger partial charge in [0.15, 0.2) is 0 Å². The van der Waals surface area contributed by atoms with Crippen molar-refractivity contribution in [1.82, 2.24) is 14.9 Å². The van der Waals surface area contributed by atoms with Crippen LogP contribution in [-0.2, 0) is 5.54 Å². The van der Waals surface area contributed by atoms with E-state index in [2.05, 4.69) is 16.5 Å². The quantitative estimate of drug-likeness (QED) is 0.781. The molecule has 5 heteroatoms. The maximum atomic E-state index is 11.2. The molecule has 5 nitrogen and oxygen atoms in total. The summed E-state index contributed by atoms with van der Waals surface area (Å²) in [5, 5.41) is 9.17. The Balaban J connectivity index is 2.31. The highest BCUT2D eigenvalue weighted by Gasteiger charge is 2.52. The molecule has 1 aromatic heterocycles. The zero-order valence-corrected chi connectivity index (χ0v) is 8.83. The summed E-state index contributed by atoms with van der Waals surface area (Å²) in [6.07, 6.45) is 7.04. The molecule has 1 amide bonds. The molecule has 1 N–H and O–H groups in total. The van der Waals surface area contributed by atoms with Gasteiger partial charge in [0, 0.05) is 18.9 Å². The lowest BCUT2D eigenvalue weighted by Gasteiger charge is -2.27. The van der Waals surface area contributed by atoms with Crippen molar-refractivity contribution < 1.29 is 9.90 Å². The second-order valence-corrected chi connectivity index (χ2v) is 3.80. The molecular formula is C11H13N3O2. The average Bonchev–Trinajstić information content (AvgIpc) is 3.08. The number of rotatable bonds is 4. The smallest absolute Gasteiger partial charge is 0.408 e. The Morgan fingerprint density at radius 3 is 2.81 bits per heavy atom. The zero-order chi connectivity index (χ0) is 11.6. The van der Waals surface area contributed by atoms with Crippen molar-refractivity contribution in [2.45, 2.75) is 18.4 Å². The van der Waals surface area contributed by atoms with Gasteiger partial charge in [-0.3, -0.25) is 14.9 Å². The van der Waals surface area contributed by atoms with E-state index in [4.69, 9.17) is 0 Å². The van der Waals surface area contributed by atoms with Crippen LogP contribution in [0.3, 0.4) is 0 Å². The third-order valence-electron chi connectivity index (χ3n) is 2.82. The first-order valence-corrected chi connectivity index (χ1v) is 5.08. The summed E-state index contributed by atoms with van der Waals surface area (Å²) >= 11 is 0. The largest absolute Gasteiger partial charge is 0.465 e. The number of aromatic nitrogens is 2. The van der Waals surface area contributed by atoms with Crippen molar-refractivity contribution in [3.05, 3.63) is 36.9 Å². The van der Waals surface area contributed by atoms with E-state index in [9.17, 15) is 9.90 Å². The second-order valence-electron chi connectivity index (χ2n) is 3.80. The van der Waals surface area contributed by atoms with Crippen LogP contribution in [0.5, 0.6) is 0 Å². The Morgan fingerprint density at radius 1 is 1.62 bits per heavy atom. The zero-order valence-electron chi connectivity index (χ0n) is 8.83. The van der Waals surface area contributed by atoms with Crippen LogP contribution >= 0.6 is 0 Å². The van der Waals surface area contributed by atoms with E-state index in [1.54, 1.807) is 24.7 Å². The molecule has 0 radical (unpaired) electrons. The molecule has 0 aromatic carbocycles. The molecule has 0 bridgehead atoms. The van der Waals surface area contributed by atoms with E-state index in [-0.39, 0.29) is 0 Å². The number of amides is 1. The fourth-order valence-electron chi connectivity index (χ4n) is 1.89. The van der Waals surface area contributed by atoms with Crippen LogP contribution in [-0.4, -0.2) is 32.6 Å². The van der Waals surface area contributed by atoms with Gasteiger partial charge in [0.2, 0.25) is 0 Å². The monoisotopic (exact) mass is 219 g/mol. The van der Waals surface area contributed by atoms with Crippen LogP contribution in [0.1, 0.15) is 18.5 Å². The molecule has 16 heavy (non-hydrogen) atoms. The van der Waals surface area contributed by atoms with E-state index < -0.39 is 11.6 Å². The van der Waals surface area contributed by atoms with Crippen LogP contribution < -0.4 is 0 Å². The van der Waals surface area contributed by atoms with Crippen LogP contribution in [0.25, 0.3) is 0 Å².